The molecule has 27 rings (SSSR count). The maximum absolute atomic E-state index is 11.7. The first kappa shape index (κ1) is 99.6. The fraction of sp³-hybridized carbons (Fsp3) is 0.526. The first-order valence-corrected chi connectivity index (χ1v) is 46.7. The van der Waals surface area contributed by atoms with Crippen LogP contribution in [0.25, 0.3) is 0 Å². The van der Waals surface area contributed by atoms with Crippen LogP contribution in [0, 0.1) is 135 Å². The number of fused-ring (bicyclic) bond motifs is 5. The van der Waals surface area contributed by atoms with Crippen LogP contribution in [0.5, 0.6) is 0 Å². The number of rotatable bonds is 6. The topological polar surface area (TPSA) is 694 Å². The fourth-order valence-corrected chi connectivity index (χ4v) is 24.8. The van der Waals surface area contributed by atoms with Crippen molar-refractivity contribution in [2.45, 2.75) is 178 Å². The minimum absolute atomic E-state index is 0.0104. The Balaban J connectivity index is 0.000000109. The van der Waals surface area contributed by atoms with Crippen LogP contribution in [0.15, 0.2) is 60.7 Å². The van der Waals surface area contributed by atoms with Crippen molar-refractivity contribution in [1.82, 2.24) is 0 Å². The summed E-state index contributed by atoms with van der Waals surface area (Å²) in [6, 6.07) is 14.0. The van der Waals surface area contributed by atoms with Gasteiger partial charge >= 0.3 is 191 Å². The van der Waals surface area contributed by atoms with Crippen LogP contribution in [0.1, 0.15) is 200 Å². The molecule has 9 aliphatic carbocycles. The molecule has 2 aromatic rings. The summed E-state index contributed by atoms with van der Waals surface area (Å²) in [4.78, 5) is 364. The lowest BCUT2D eigenvalue weighted by molar-refractivity contribution is -0.174. The number of cyclic esters (lactones) is 32. The molecule has 0 radical (unpaired) electrons. The molecule has 23 fully saturated rings. The molecule has 2 aromatic carbocycles. The molecule has 48 nitrogen and oxygen atoms in total. The molecular formula is C97H82O48. The second kappa shape index (κ2) is 38.6. The molecule has 0 amide bonds. The van der Waals surface area contributed by atoms with E-state index in [0.29, 0.717) is 43.2 Å². The molecule has 0 N–H and O–H groups in total. The van der Waals surface area contributed by atoms with Crippen molar-refractivity contribution < 1.29 is 229 Å². The van der Waals surface area contributed by atoms with Crippen LogP contribution in [0.2, 0.25) is 0 Å². The van der Waals surface area contributed by atoms with Gasteiger partial charge in [0.25, 0.3) is 0 Å². The lowest BCUT2D eigenvalue weighted by Gasteiger charge is -2.46. The third kappa shape index (κ3) is 18.9. The number of allylic oxidation sites excluding steroid dienone is 2. The van der Waals surface area contributed by atoms with Gasteiger partial charge < -0.3 is 75.8 Å². The fourth-order valence-electron chi connectivity index (χ4n) is 24.8. The standard InChI is InChI=1S/C16H14O6.C14H16O6.C14H10O6.C12H10O6.C12H8O6.C11H10O6.C10H8O6.C8H6O6/c17-13-5-11(6-14(18)21-13)9-1-2-10(4-3-9)12-7-15(19)22-16(20)8-12;2*15-11-5-9(13(17)19-11)7-1-2-8(4-3-7)10-6-12(16)20-14(10)18;2*13-9-5-3-1-2-4(7(5)11(15)17-9)8-6(3)10(14)18-12(8)16;12-7-4-11(10(15)16-7)2-1-5-6(3-11)9(14)17-8(5)13;11-6-3-10(9(14)15-6)2-4-1-5(10)8(13)16-7(4)12;9-4-1-8(2-5(10)13-4)3-6(11)14-7(8)12/h1-4,11-12H,5-8H2;7-10H,1-6H2;1-4,9-10H,5-6H2;3-8H,1-2H2;1-8H;5-6H,1-4H2;4-5H,1-3H2;1-3H2. The summed E-state index contributed by atoms with van der Waals surface area (Å²) in [6.45, 7) is 0. The summed E-state index contributed by atoms with van der Waals surface area (Å²) in [6.07, 6.45) is 9.76. The number of ether oxygens (including phenoxy) is 16. The van der Waals surface area contributed by atoms with E-state index >= 15 is 0 Å². The minimum Gasteiger partial charge on any atom is -0.393 e. The van der Waals surface area contributed by atoms with Gasteiger partial charge in [-0.3, -0.25) is 153 Å². The highest BCUT2D eigenvalue weighted by Crippen LogP contribution is 2.62. The van der Waals surface area contributed by atoms with Gasteiger partial charge in [-0.25, -0.2) is 0 Å². The Morgan fingerprint density at radius 1 is 0.214 bits per heavy atom. The van der Waals surface area contributed by atoms with Crippen LogP contribution in [0.4, 0.5) is 0 Å². The maximum Gasteiger partial charge on any atom is 0.321 e. The van der Waals surface area contributed by atoms with E-state index in [4.69, 9.17) is 0 Å². The minimum atomic E-state index is -1.29. The molecule has 16 saturated heterocycles. The summed E-state index contributed by atoms with van der Waals surface area (Å²) in [7, 11) is 0. The Kier molecular flexibility index (Phi) is 26.5. The van der Waals surface area contributed by atoms with Crippen LogP contribution in [-0.2, 0) is 229 Å². The maximum atomic E-state index is 11.7. The van der Waals surface area contributed by atoms with Crippen molar-refractivity contribution in [3.8, 4) is 0 Å². The monoisotopic (exact) mass is 2010 g/mol. The molecule has 25 aliphatic rings. The number of hydrogen-bond donors (Lipinski definition) is 0. The Morgan fingerprint density at radius 3 is 0.869 bits per heavy atom. The van der Waals surface area contributed by atoms with Gasteiger partial charge in [-0.05, 0) is 117 Å². The third-order valence-electron chi connectivity index (χ3n) is 31.6. The van der Waals surface area contributed by atoms with Crippen LogP contribution in [0.3, 0.4) is 0 Å². The second-order valence-electron chi connectivity index (χ2n) is 39.7. The van der Waals surface area contributed by atoms with Gasteiger partial charge in [-0.2, -0.15) is 0 Å². The lowest BCUT2D eigenvalue weighted by atomic mass is 9.51. The molecule has 18 atom stereocenters. The average Bonchev–Trinajstić information content (AvgIpc) is 1.56. The molecule has 0 aromatic heterocycles. The lowest BCUT2D eigenvalue weighted by Crippen LogP contribution is -2.53. The predicted molar refractivity (Wildman–Crippen MR) is 438 cm³/mol. The summed E-state index contributed by atoms with van der Waals surface area (Å²) >= 11 is 0. The number of carbonyl (C=O) groups is 32. The van der Waals surface area contributed by atoms with E-state index in [1.165, 1.54) is 0 Å². The van der Waals surface area contributed by atoms with E-state index in [1.807, 2.05) is 24.3 Å². The summed E-state index contributed by atoms with van der Waals surface area (Å²) < 4.78 is 72.6. The molecule has 3 spiro atoms. The van der Waals surface area contributed by atoms with Crippen molar-refractivity contribution in [2.75, 3.05) is 0 Å². The largest absolute Gasteiger partial charge is 0.393 e. The Bertz CT molecular complexity index is 5870. The van der Waals surface area contributed by atoms with Crippen molar-refractivity contribution in [3.63, 3.8) is 0 Å². The van der Waals surface area contributed by atoms with E-state index in [2.05, 4.69) is 75.8 Å². The molecule has 6 bridgehead atoms. The van der Waals surface area contributed by atoms with Crippen LogP contribution in [-0.4, -0.2) is 191 Å². The molecule has 16 aliphatic heterocycles. The summed E-state index contributed by atoms with van der Waals surface area (Å²) in [5.41, 5.74) is -0.266. The van der Waals surface area contributed by atoms with E-state index < -0.39 is 302 Å². The quantitative estimate of drug-likeness (QED) is 0.170. The van der Waals surface area contributed by atoms with Crippen LogP contribution >= 0.6 is 0 Å². The van der Waals surface area contributed by atoms with Gasteiger partial charge in [0.05, 0.1) is 194 Å². The van der Waals surface area contributed by atoms with Gasteiger partial charge in [0.15, 0.2) is 0 Å². The molecule has 145 heavy (non-hydrogen) atoms. The van der Waals surface area contributed by atoms with E-state index in [-0.39, 0.29) is 144 Å². The predicted octanol–water partition coefficient (Wildman–Crippen LogP) is 1.26. The van der Waals surface area contributed by atoms with Gasteiger partial charge in [0, 0.05) is 23.7 Å². The molecule has 16 heterocycles. The molecule has 758 valence electrons. The molecule has 18 unspecified atom stereocenters. The number of esters is 32. The second-order valence-corrected chi connectivity index (χ2v) is 39.7. The number of hydrogen-bond acceptors (Lipinski definition) is 48. The van der Waals surface area contributed by atoms with E-state index in [0.717, 1.165) is 36.8 Å². The van der Waals surface area contributed by atoms with Gasteiger partial charge in [-0.1, -0.05) is 60.7 Å². The average molecular weight is 2020 g/mol. The highest BCUT2D eigenvalue weighted by Gasteiger charge is 2.72. The number of carbonyl (C=O) groups excluding carboxylic acids is 32. The zero-order valence-electron chi connectivity index (χ0n) is 75.7. The van der Waals surface area contributed by atoms with Crippen molar-refractivity contribution in [3.05, 3.63) is 82.9 Å². The smallest absolute Gasteiger partial charge is 0.321 e. The van der Waals surface area contributed by atoms with Crippen molar-refractivity contribution in [1.29, 1.82) is 0 Å². The van der Waals surface area contributed by atoms with E-state index in [1.54, 1.807) is 36.4 Å². The number of benzene rings is 2. The molecule has 7 saturated carbocycles. The van der Waals surface area contributed by atoms with Gasteiger partial charge in [0.1, 0.15) is 0 Å². The Morgan fingerprint density at radius 2 is 0.517 bits per heavy atom. The van der Waals surface area contributed by atoms with Crippen molar-refractivity contribution >= 4 is 191 Å². The molecular weight excluding hydrogens is 1930 g/mol. The van der Waals surface area contributed by atoms with Crippen molar-refractivity contribution in [2.24, 2.45) is 135 Å². The SMILES string of the molecule is O=C1CC(C2CCC(C3CC(=O)OC3=O)CC2)C(=O)O1.O=C1CC(c2ccc(C3CC(=O)OC(=O)C3)cc2)CC(=O)O1.O=C1CC(c2ccc(C3CC(=O)OC3=O)cc2)C(=O)O1.O=C1CC2(CC(=O)O1)CC(=O)OC2=O.O=C1CC2(CC3CC2C(=O)OC3=O)C(=O)O1.O=C1CC2(CCC3C(=O)OC(=O)C3C2)C(=O)O1.O=C1OC(=O)C2C3C=CC(C12)C1C(=O)OC(=O)C31.O=C1OC(=O)C2C3CCC(C12)C1C(=O)OC(=O)C31. The normalized spacial score (nSPS) is 35.7. The first-order valence-electron chi connectivity index (χ1n) is 46.7. The highest BCUT2D eigenvalue weighted by atomic mass is 16.7. The highest BCUT2D eigenvalue weighted by molar-refractivity contribution is 6.09. The summed E-state index contributed by atoms with van der Waals surface area (Å²) in [5.74, 6) is -28.5. The Labute approximate surface area is 812 Å². The Hall–Kier alpha value is -15.6. The zero-order valence-corrected chi connectivity index (χ0v) is 75.7. The van der Waals surface area contributed by atoms with Gasteiger partial charge in [-0.15, -0.1) is 0 Å². The van der Waals surface area contributed by atoms with Gasteiger partial charge in [0.2, 0.25) is 0 Å². The third-order valence-corrected chi connectivity index (χ3v) is 31.6. The zero-order chi connectivity index (χ0) is 103. The van der Waals surface area contributed by atoms with Crippen LogP contribution < -0.4 is 0 Å². The summed E-state index contributed by atoms with van der Waals surface area (Å²) in [5, 5.41) is 0. The molecule has 48 heteroatoms. The first-order chi connectivity index (χ1) is 68.8. The van der Waals surface area contributed by atoms with E-state index in [9.17, 15) is 153 Å².